The zero-order chi connectivity index (χ0) is 38.2. The first-order valence-corrected chi connectivity index (χ1v) is 22.1. The molecule has 0 heterocycles. The highest BCUT2D eigenvalue weighted by Gasteiger charge is 2.26. The predicted octanol–water partition coefficient (Wildman–Crippen LogP) is 11.4. The lowest BCUT2D eigenvalue weighted by molar-refractivity contribution is -0.161. The summed E-state index contributed by atoms with van der Waals surface area (Å²) in [6.45, 7) is 4.12. The molecule has 0 aliphatic heterocycles. The van der Waals surface area contributed by atoms with Gasteiger partial charge in [0.05, 0.1) is 13.2 Å². The zero-order valence-corrected chi connectivity index (χ0v) is 34.1. The molecule has 0 aliphatic rings. The third-order valence-electron chi connectivity index (χ3n) is 8.42. The minimum atomic E-state index is -4.36. The van der Waals surface area contributed by atoms with Crippen molar-refractivity contribution < 1.29 is 37.6 Å². The van der Waals surface area contributed by atoms with Crippen LogP contribution in [0.3, 0.4) is 0 Å². The Kier molecular flexibility index (Phi) is 37.2. The number of esters is 2. The van der Waals surface area contributed by atoms with Crippen LogP contribution in [0, 0.1) is 0 Å². The third-order valence-corrected chi connectivity index (χ3v) is 9.41. The Balaban J connectivity index is 4.33. The van der Waals surface area contributed by atoms with Gasteiger partial charge in [-0.2, -0.15) is 0 Å². The van der Waals surface area contributed by atoms with Crippen molar-refractivity contribution in [3.8, 4) is 0 Å². The van der Waals surface area contributed by atoms with E-state index in [2.05, 4.69) is 67.8 Å². The van der Waals surface area contributed by atoms with E-state index in [1.54, 1.807) is 7.05 Å². The van der Waals surface area contributed by atoms with Crippen LogP contribution in [0.5, 0.6) is 0 Å². The van der Waals surface area contributed by atoms with Gasteiger partial charge in [0.15, 0.2) is 6.10 Å². The van der Waals surface area contributed by atoms with E-state index in [4.69, 9.17) is 18.5 Å². The Bertz CT molecular complexity index is 996. The van der Waals surface area contributed by atoms with Gasteiger partial charge in [-0.25, -0.2) is 4.57 Å². The number of carbonyl (C=O) groups excluding carboxylic acids is 2. The molecular formula is C42H76NO8P. The number of hydrogen-bond acceptors (Lipinski definition) is 8. The van der Waals surface area contributed by atoms with Gasteiger partial charge < -0.3 is 19.7 Å². The quantitative estimate of drug-likeness (QED) is 0.0275. The first kappa shape index (κ1) is 50.0. The molecule has 2 atom stereocenters. The van der Waals surface area contributed by atoms with Crippen LogP contribution in [0.15, 0.2) is 48.6 Å². The van der Waals surface area contributed by atoms with E-state index in [9.17, 15) is 19.0 Å². The summed E-state index contributed by atoms with van der Waals surface area (Å²) in [4.78, 5) is 35.0. The monoisotopic (exact) mass is 754 g/mol. The van der Waals surface area contributed by atoms with Crippen molar-refractivity contribution in [2.45, 2.75) is 174 Å². The van der Waals surface area contributed by atoms with Crippen molar-refractivity contribution in [1.29, 1.82) is 0 Å². The Hall–Kier alpha value is -2.03. The van der Waals surface area contributed by atoms with Crippen molar-refractivity contribution in [3.05, 3.63) is 48.6 Å². The van der Waals surface area contributed by atoms with E-state index in [0.717, 1.165) is 57.8 Å². The van der Waals surface area contributed by atoms with E-state index in [1.807, 2.05) is 0 Å². The number of rotatable bonds is 38. The number of unbranched alkanes of at least 4 members (excludes halogenated alkanes) is 16. The van der Waals surface area contributed by atoms with E-state index in [-0.39, 0.29) is 26.1 Å². The predicted molar refractivity (Wildman–Crippen MR) is 215 cm³/mol. The Morgan fingerprint density at radius 3 is 1.63 bits per heavy atom. The second kappa shape index (κ2) is 38.7. The first-order chi connectivity index (χ1) is 25.3. The molecule has 2 unspecified atom stereocenters. The summed E-state index contributed by atoms with van der Waals surface area (Å²) in [5.74, 6) is -0.859. The summed E-state index contributed by atoms with van der Waals surface area (Å²) in [6, 6.07) is 0. The van der Waals surface area contributed by atoms with Crippen molar-refractivity contribution in [2.75, 3.05) is 33.4 Å². The standard InChI is InChI=1S/C42H76NO8P/c1-4-6-8-10-12-14-16-18-20-22-24-26-28-30-32-34-41(44)48-38-40(39-50-52(46,47)49-37-36-43-3)51-42(45)35-33-31-29-27-25-23-21-19-17-15-13-11-9-7-5-2/h12,14-15,17-18,20,24,26,40,43H,4-11,13,16,19,21-23,25,27-39H2,1-3H3,(H,46,47)/b14-12-,17-15-,20-18-,26-24-. The summed E-state index contributed by atoms with van der Waals surface area (Å²) >= 11 is 0. The average molecular weight is 754 g/mol. The molecule has 302 valence electrons. The second-order valence-electron chi connectivity index (χ2n) is 13.5. The van der Waals surface area contributed by atoms with E-state index in [1.165, 1.54) is 70.6 Å². The lowest BCUT2D eigenvalue weighted by Crippen LogP contribution is -2.29. The number of nitrogens with one attached hydrogen (secondary N) is 1. The normalized spacial score (nSPS) is 13.8. The van der Waals surface area contributed by atoms with Crippen molar-refractivity contribution >= 4 is 19.8 Å². The molecule has 52 heavy (non-hydrogen) atoms. The number of phosphoric acid groups is 1. The Morgan fingerprint density at radius 2 is 1.04 bits per heavy atom. The molecule has 0 fully saturated rings. The molecule has 0 spiro atoms. The highest BCUT2D eigenvalue weighted by atomic mass is 31.2. The lowest BCUT2D eigenvalue weighted by atomic mass is 10.1. The first-order valence-electron chi connectivity index (χ1n) is 20.6. The maximum Gasteiger partial charge on any atom is 0.472 e. The third kappa shape index (κ3) is 37.7. The minimum absolute atomic E-state index is 0.0251. The molecule has 9 nitrogen and oxygen atoms in total. The zero-order valence-electron chi connectivity index (χ0n) is 33.2. The van der Waals surface area contributed by atoms with Gasteiger partial charge >= 0.3 is 19.8 Å². The molecule has 0 aliphatic carbocycles. The smallest absolute Gasteiger partial charge is 0.462 e. The van der Waals surface area contributed by atoms with E-state index in [0.29, 0.717) is 19.4 Å². The van der Waals surface area contributed by atoms with Gasteiger partial charge in [0.1, 0.15) is 6.61 Å². The lowest BCUT2D eigenvalue weighted by Gasteiger charge is -2.20. The van der Waals surface area contributed by atoms with E-state index >= 15 is 0 Å². The molecule has 0 amide bonds. The van der Waals surface area contributed by atoms with Crippen LogP contribution >= 0.6 is 7.82 Å². The number of ether oxygens (including phenoxy) is 2. The summed E-state index contributed by atoms with van der Waals surface area (Å²) in [5, 5.41) is 2.82. The Morgan fingerprint density at radius 1 is 0.596 bits per heavy atom. The van der Waals surface area contributed by atoms with Gasteiger partial charge in [-0.3, -0.25) is 18.6 Å². The topological polar surface area (TPSA) is 120 Å². The van der Waals surface area contributed by atoms with Gasteiger partial charge in [0.25, 0.3) is 0 Å². The molecule has 0 saturated heterocycles. The molecule has 0 aromatic rings. The highest BCUT2D eigenvalue weighted by Crippen LogP contribution is 2.43. The summed E-state index contributed by atoms with van der Waals surface area (Å²) < 4.78 is 33.1. The largest absolute Gasteiger partial charge is 0.472 e. The average Bonchev–Trinajstić information content (AvgIpc) is 3.12. The SMILES string of the molecule is CCCCC/C=C\C/C=C\C/C=C\CCCCC(=O)OCC(COP(=O)(O)OCCNC)OC(=O)CCCCCCCCC/C=C\CCCCCC. The van der Waals surface area contributed by atoms with Crippen LogP contribution in [-0.4, -0.2) is 56.3 Å². The number of carbonyl (C=O) groups is 2. The molecule has 0 rings (SSSR count). The fourth-order valence-corrected chi connectivity index (χ4v) is 6.01. The van der Waals surface area contributed by atoms with Gasteiger partial charge in [-0.05, 0) is 84.1 Å². The van der Waals surface area contributed by atoms with Gasteiger partial charge in [-0.15, -0.1) is 0 Å². The summed E-state index contributed by atoms with van der Waals surface area (Å²) in [7, 11) is -2.66. The fourth-order valence-electron chi connectivity index (χ4n) is 5.26. The van der Waals surface area contributed by atoms with Crippen molar-refractivity contribution in [3.63, 3.8) is 0 Å². The fraction of sp³-hybridized carbons (Fsp3) is 0.762. The molecule has 0 aromatic carbocycles. The molecule has 0 radical (unpaired) electrons. The van der Waals surface area contributed by atoms with Crippen LogP contribution in [0.25, 0.3) is 0 Å². The maximum absolute atomic E-state index is 12.6. The van der Waals surface area contributed by atoms with Crippen LogP contribution in [0.4, 0.5) is 0 Å². The maximum atomic E-state index is 12.6. The highest BCUT2D eigenvalue weighted by molar-refractivity contribution is 7.47. The van der Waals surface area contributed by atoms with Crippen LogP contribution in [0.2, 0.25) is 0 Å². The molecule has 10 heteroatoms. The van der Waals surface area contributed by atoms with Crippen LogP contribution in [-0.2, 0) is 32.7 Å². The minimum Gasteiger partial charge on any atom is -0.462 e. The van der Waals surface area contributed by atoms with Crippen molar-refractivity contribution in [1.82, 2.24) is 5.32 Å². The van der Waals surface area contributed by atoms with Gasteiger partial charge in [-0.1, -0.05) is 127 Å². The summed E-state index contributed by atoms with van der Waals surface area (Å²) in [6.07, 6.45) is 41.5. The molecule has 0 bridgehead atoms. The van der Waals surface area contributed by atoms with Crippen molar-refractivity contribution in [2.24, 2.45) is 0 Å². The van der Waals surface area contributed by atoms with Gasteiger partial charge in [0, 0.05) is 19.4 Å². The number of phosphoric ester groups is 1. The number of hydrogen-bond donors (Lipinski definition) is 2. The van der Waals surface area contributed by atoms with Crippen LogP contribution in [0.1, 0.15) is 168 Å². The summed E-state index contributed by atoms with van der Waals surface area (Å²) in [5.41, 5.74) is 0. The second-order valence-corrected chi connectivity index (χ2v) is 14.9. The molecule has 0 saturated carbocycles. The molecule has 0 aromatic heterocycles. The molecular weight excluding hydrogens is 677 g/mol. The van der Waals surface area contributed by atoms with Gasteiger partial charge in [0.2, 0.25) is 0 Å². The Labute approximate surface area is 318 Å². The van der Waals surface area contributed by atoms with Crippen LogP contribution < -0.4 is 5.32 Å². The van der Waals surface area contributed by atoms with E-state index < -0.39 is 32.5 Å². The number of likely N-dealkylation sites (N-methyl/N-ethyl adjacent to an activating group) is 1. The molecule has 2 N–H and O–H groups in total. The number of allylic oxidation sites excluding steroid dienone is 8.